The van der Waals surface area contributed by atoms with Crippen molar-refractivity contribution >= 4 is 0 Å². The highest BCUT2D eigenvalue weighted by molar-refractivity contribution is 4.91. The van der Waals surface area contributed by atoms with Gasteiger partial charge in [-0.1, -0.05) is 20.8 Å². The Kier molecular flexibility index (Phi) is 8.84. The molecule has 0 aromatic heterocycles. The van der Waals surface area contributed by atoms with Crippen LogP contribution in [0.4, 0.5) is 0 Å². The van der Waals surface area contributed by atoms with Gasteiger partial charge in [0.15, 0.2) is 0 Å². The van der Waals surface area contributed by atoms with Gasteiger partial charge >= 0.3 is 0 Å². The van der Waals surface area contributed by atoms with Crippen LogP contribution in [0.2, 0.25) is 0 Å². The molecule has 0 radical (unpaired) electrons. The molecule has 0 amide bonds. The van der Waals surface area contributed by atoms with E-state index in [-0.39, 0.29) is 0 Å². The smallest absolute Gasteiger partial charge is 0.0249 e. The first-order valence-electron chi connectivity index (χ1n) is 9.04. The molecule has 1 saturated carbocycles. The third kappa shape index (κ3) is 6.66. The third-order valence-corrected chi connectivity index (χ3v) is 5.14. The van der Waals surface area contributed by atoms with Gasteiger partial charge in [-0.25, -0.2) is 0 Å². The molecule has 0 saturated heterocycles. The Morgan fingerprint density at radius 2 is 1.81 bits per heavy atom. The highest BCUT2D eigenvalue weighted by atomic mass is 15.2. The lowest BCUT2D eigenvalue weighted by atomic mass is 9.76. The summed E-state index contributed by atoms with van der Waals surface area (Å²) in [6, 6.07) is 1.42. The fraction of sp³-hybridized carbons (Fsp3) is 1.00. The average molecular weight is 298 g/mol. The zero-order valence-corrected chi connectivity index (χ0v) is 15.4. The molecule has 3 atom stereocenters. The van der Waals surface area contributed by atoms with Gasteiger partial charge in [0, 0.05) is 12.1 Å². The summed E-state index contributed by atoms with van der Waals surface area (Å²) in [5.41, 5.74) is 0. The first-order valence-corrected chi connectivity index (χ1v) is 9.04. The second-order valence-corrected chi connectivity index (χ2v) is 7.58. The average Bonchev–Trinajstić information content (AvgIpc) is 2.44. The SMILES string of the molecule is CCCNC1CCC(C(C)C)CC1N(C)CCCN(C)C. The van der Waals surface area contributed by atoms with Crippen molar-refractivity contribution < 1.29 is 0 Å². The van der Waals surface area contributed by atoms with Gasteiger partial charge in [-0.15, -0.1) is 0 Å². The Labute approximate surface area is 133 Å². The molecule has 3 nitrogen and oxygen atoms in total. The van der Waals surface area contributed by atoms with Crippen molar-refractivity contribution in [3.05, 3.63) is 0 Å². The zero-order chi connectivity index (χ0) is 15.8. The second-order valence-electron chi connectivity index (χ2n) is 7.58. The molecule has 3 heteroatoms. The molecule has 0 aromatic rings. The summed E-state index contributed by atoms with van der Waals surface area (Å²) in [6.45, 7) is 10.6. The molecular formula is C18H39N3. The van der Waals surface area contributed by atoms with E-state index in [1.165, 1.54) is 51.7 Å². The van der Waals surface area contributed by atoms with E-state index in [0.717, 1.165) is 17.9 Å². The van der Waals surface area contributed by atoms with Gasteiger partial charge in [0.1, 0.15) is 0 Å². The van der Waals surface area contributed by atoms with Crippen LogP contribution in [-0.4, -0.2) is 62.7 Å². The molecular weight excluding hydrogens is 258 g/mol. The van der Waals surface area contributed by atoms with Gasteiger partial charge in [-0.05, 0) is 84.7 Å². The maximum Gasteiger partial charge on any atom is 0.0249 e. The number of nitrogens with one attached hydrogen (secondary N) is 1. The molecule has 0 aromatic carbocycles. The van der Waals surface area contributed by atoms with Crippen molar-refractivity contribution in [2.75, 3.05) is 40.8 Å². The van der Waals surface area contributed by atoms with Gasteiger partial charge in [0.05, 0.1) is 0 Å². The van der Waals surface area contributed by atoms with E-state index in [4.69, 9.17) is 0 Å². The molecule has 1 fully saturated rings. The van der Waals surface area contributed by atoms with Crippen molar-refractivity contribution in [2.45, 2.75) is 65.0 Å². The normalized spacial score (nSPS) is 27.0. The summed E-state index contributed by atoms with van der Waals surface area (Å²) in [5, 5.41) is 3.81. The van der Waals surface area contributed by atoms with E-state index >= 15 is 0 Å². The highest BCUT2D eigenvalue weighted by Crippen LogP contribution is 2.32. The molecule has 1 N–H and O–H groups in total. The fourth-order valence-corrected chi connectivity index (χ4v) is 3.64. The summed E-state index contributed by atoms with van der Waals surface area (Å²) >= 11 is 0. The Morgan fingerprint density at radius 3 is 2.38 bits per heavy atom. The second kappa shape index (κ2) is 9.81. The number of nitrogens with zero attached hydrogens (tertiary/aromatic N) is 2. The molecule has 1 aliphatic rings. The lowest BCUT2D eigenvalue weighted by Crippen LogP contribution is -2.53. The predicted octanol–water partition coefficient (Wildman–Crippen LogP) is 3.06. The standard InChI is InChI=1S/C18H39N3/c1-7-11-19-17-10-9-16(15(2)3)14-18(17)21(6)13-8-12-20(4)5/h15-19H,7-14H2,1-6H3. The molecule has 1 rings (SSSR count). The van der Waals surface area contributed by atoms with E-state index in [2.05, 4.69) is 57.0 Å². The number of hydrogen-bond donors (Lipinski definition) is 1. The van der Waals surface area contributed by atoms with Crippen LogP contribution in [0.3, 0.4) is 0 Å². The van der Waals surface area contributed by atoms with Crippen LogP contribution in [0, 0.1) is 11.8 Å². The Morgan fingerprint density at radius 1 is 1.10 bits per heavy atom. The van der Waals surface area contributed by atoms with Gasteiger partial charge in [0.25, 0.3) is 0 Å². The van der Waals surface area contributed by atoms with E-state index in [9.17, 15) is 0 Å². The lowest BCUT2D eigenvalue weighted by molar-refractivity contribution is 0.0998. The lowest BCUT2D eigenvalue weighted by Gasteiger charge is -2.43. The van der Waals surface area contributed by atoms with Crippen molar-refractivity contribution in [3.8, 4) is 0 Å². The Bertz CT molecular complexity index is 265. The summed E-state index contributed by atoms with van der Waals surface area (Å²) in [6.07, 6.45) is 6.64. The first kappa shape index (κ1) is 18.9. The van der Waals surface area contributed by atoms with Gasteiger partial charge in [-0.3, -0.25) is 0 Å². The molecule has 0 heterocycles. The topological polar surface area (TPSA) is 18.5 Å². The number of hydrogen-bond acceptors (Lipinski definition) is 3. The molecule has 126 valence electrons. The van der Waals surface area contributed by atoms with Crippen molar-refractivity contribution in [2.24, 2.45) is 11.8 Å². The third-order valence-electron chi connectivity index (χ3n) is 5.14. The molecule has 21 heavy (non-hydrogen) atoms. The molecule has 3 unspecified atom stereocenters. The maximum absolute atomic E-state index is 3.81. The summed E-state index contributed by atoms with van der Waals surface area (Å²) in [7, 11) is 6.67. The van der Waals surface area contributed by atoms with Crippen LogP contribution < -0.4 is 5.32 Å². The zero-order valence-electron chi connectivity index (χ0n) is 15.4. The summed E-state index contributed by atoms with van der Waals surface area (Å²) in [4.78, 5) is 4.92. The van der Waals surface area contributed by atoms with Crippen LogP contribution >= 0.6 is 0 Å². The quantitative estimate of drug-likeness (QED) is 0.705. The van der Waals surface area contributed by atoms with E-state index < -0.39 is 0 Å². The van der Waals surface area contributed by atoms with Crippen molar-refractivity contribution in [3.63, 3.8) is 0 Å². The van der Waals surface area contributed by atoms with Crippen molar-refractivity contribution in [1.82, 2.24) is 15.1 Å². The van der Waals surface area contributed by atoms with Crippen molar-refractivity contribution in [1.29, 1.82) is 0 Å². The number of rotatable bonds is 9. The minimum Gasteiger partial charge on any atom is -0.312 e. The Hall–Kier alpha value is -0.120. The van der Waals surface area contributed by atoms with Gasteiger partial charge in [-0.2, -0.15) is 0 Å². The monoisotopic (exact) mass is 297 g/mol. The van der Waals surface area contributed by atoms with Crippen LogP contribution in [0.15, 0.2) is 0 Å². The summed E-state index contributed by atoms with van der Waals surface area (Å²) < 4.78 is 0. The largest absolute Gasteiger partial charge is 0.312 e. The summed E-state index contributed by atoms with van der Waals surface area (Å²) in [5.74, 6) is 1.74. The maximum atomic E-state index is 3.81. The fourth-order valence-electron chi connectivity index (χ4n) is 3.64. The molecule has 1 aliphatic carbocycles. The highest BCUT2D eigenvalue weighted by Gasteiger charge is 2.33. The molecule has 0 bridgehead atoms. The Balaban J connectivity index is 2.55. The van der Waals surface area contributed by atoms with E-state index in [1.807, 2.05) is 0 Å². The van der Waals surface area contributed by atoms with E-state index in [1.54, 1.807) is 0 Å². The van der Waals surface area contributed by atoms with Gasteiger partial charge in [0.2, 0.25) is 0 Å². The minimum absolute atomic E-state index is 0.698. The van der Waals surface area contributed by atoms with Crippen LogP contribution in [0.1, 0.15) is 52.9 Å². The molecule has 0 aliphatic heterocycles. The van der Waals surface area contributed by atoms with Gasteiger partial charge < -0.3 is 15.1 Å². The number of likely N-dealkylation sites (N-methyl/N-ethyl adjacent to an activating group) is 1. The first-order chi connectivity index (χ1) is 9.95. The van der Waals surface area contributed by atoms with Crippen LogP contribution in [-0.2, 0) is 0 Å². The van der Waals surface area contributed by atoms with E-state index in [0.29, 0.717) is 6.04 Å². The molecule has 0 spiro atoms. The predicted molar refractivity (Wildman–Crippen MR) is 93.8 cm³/mol. The van der Waals surface area contributed by atoms with Crippen LogP contribution in [0.25, 0.3) is 0 Å². The minimum atomic E-state index is 0.698. The van der Waals surface area contributed by atoms with Crippen LogP contribution in [0.5, 0.6) is 0 Å².